The van der Waals surface area contributed by atoms with Crippen LogP contribution in [0.4, 0.5) is 0 Å². The molecule has 5 heteroatoms. The van der Waals surface area contributed by atoms with E-state index in [2.05, 4.69) is 19.6 Å². The van der Waals surface area contributed by atoms with Crippen molar-refractivity contribution >= 4 is 29.1 Å². The summed E-state index contributed by atoms with van der Waals surface area (Å²) in [7, 11) is 0. The molecule has 0 aliphatic carbocycles. The molecule has 31 heavy (non-hydrogen) atoms. The van der Waals surface area contributed by atoms with Gasteiger partial charge in [-0.05, 0) is 61.1 Å². The number of carbonyl (C=O) groups is 1. The Morgan fingerprint density at radius 2 is 1.87 bits per heavy atom. The van der Waals surface area contributed by atoms with Crippen LogP contribution >= 0.6 is 23.2 Å². The molecule has 2 aromatic carbocycles. The molecule has 1 aliphatic rings. The largest absolute Gasteiger partial charge is 0.394 e. The van der Waals surface area contributed by atoms with Crippen molar-refractivity contribution in [3.8, 4) is 0 Å². The van der Waals surface area contributed by atoms with Crippen molar-refractivity contribution in [1.82, 2.24) is 4.90 Å². The average Bonchev–Trinajstić information content (AvgIpc) is 2.77. The van der Waals surface area contributed by atoms with Crippen LogP contribution in [0.1, 0.15) is 62.6 Å². The highest BCUT2D eigenvalue weighted by atomic mass is 35.5. The van der Waals surface area contributed by atoms with E-state index in [0.717, 1.165) is 11.1 Å². The first-order valence-corrected chi connectivity index (χ1v) is 11.7. The first-order chi connectivity index (χ1) is 14.9. The van der Waals surface area contributed by atoms with Gasteiger partial charge in [-0.25, -0.2) is 0 Å². The number of carbonyl (C=O) groups excluding carboxylic acids is 1. The fraction of sp³-hybridized carbons (Fsp3) is 0.423. The Hall–Kier alpha value is -1.81. The minimum atomic E-state index is -0.555. The highest BCUT2D eigenvalue weighted by Gasteiger charge is 2.52. The summed E-state index contributed by atoms with van der Waals surface area (Å²) in [5, 5.41) is 11.6. The predicted molar refractivity (Wildman–Crippen MR) is 129 cm³/mol. The van der Waals surface area contributed by atoms with Gasteiger partial charge in [0.05, 0.1) is 24.1 Å². The van der Waals surface area contributed by atoms with E-state index in [0.29, 0.717) is 35.7 Å². The topological polar surface area (TPSA) is 40.5 Å². The fourth-order valence-corrected chi connectivity index (χ4v) is 5.32. The van der Waals surface area contributed by atoms with Gasteiger partial charge in [0.15, 0.2) is 0 Å². The van der Waals surface area contributed by atoms with Crippen molar-refractivity contribution in [2.24, 2.45) is 5.41 Å². The molecule has 4 unspecified atom stereocenters. The number of amides is 1. The zero-order chi connectivity index (χ0) is 22.6. The van der Waals surface area contributed by atoms with Gasteiger partial charge in [-0.2, -0.15) is 0 Å². The third-order valence-corrected chi connectivity index (χ3v) is 7.24. The Kier molecular flexibility index (Phi) is 7.85. The van der Waals surface area contributed by atoms with E-state index < -0.39 is 5.41 Å². The van der Waals surface area contributed by atoms with E-state index in [1.54, 1.807) is 0 Å². The second-order valence-corrected chi connectivity index (χ2v) is 9.32. The van der Waals surface area contributed by atoms with Crippen LogP contribution in [0.2, 0.25) is 10.0 Å². The maximum Gasteiger partial charge on any atom is 0.229 e. The van der Waals surface area contributed by atoms with Crippen molar-refractivity contribution in [3.05, 3.63) is 82.4 Å². The number of halogens is 2. The number of allylic oxidation sites excluding steroid dienone is 1. The lowest BCUT2D eigenvalue weighted by Gasteiger charge is -2.52. The third-order valence-electron chi connectivity index (χ3n) is 6.76. The second-order valence-electron chi connectivity index (χ2n) is 8.45. The highest BCUT2D eigenvalue weighted by Crippen LogP contribution is 2.53. The normalized spacial score (nSPS) is 24.8. The van der Waals surface area contributed by atoms with E-state index in [9.17, 15) is 9.90 Å². The molecular weight excluding hydrogens is 429 g/mol. The SMILES string of the molecule is C=CCC1(CC)CC(c2cccc(Cl)c2)C(c2ccc(Cl)cc2)N(C(CC)CO)C1=O. The summed E-state index contributed by atoms with van der Waals surface area (Å²) in [4.78, 5) is 16.0. The lowest BCUT2D eigenvalue weighted by atomic mass is 9.65. The molecule has 0 aromatic heterocycles. The van der Waals surface area contributed by atoms with Crippen molar-refractivity contribution < 1.29 is 9.90 Å². The number of hydrogen-bond acceptors (Lipinski definition) is 2. The Labute approximate surface area is 195 Å². The van der Waals surface area contributed by atoms with Crippen molar-refractivity contribution in [1.29, 1.82) is 0 Å². The molecule has 4 atom stereocenters. The molecule has 1 N–H and O–H groups in total. The number of benzene rings is 2. The van der Waals surface area contributed by atoms with Gasteiger partial charge in [0.1, 0.15) is 0 Å². The van der Waals surface area contributed by atoms with Crippen LogP contribution in [0.15, 0.2) is 61.2 Å². The van der Waals surface area contributed by atoms with E-state index in [4.69, 9.17) is 23.2 Å². The summed E-state index contributed by atoms with van der Waals surface area (Å²) in [6, 6.07) is 15.1. The number of piperidine rings is 1. The number of hydrogen-bond donors (Lipinski definition) is 1. The minimum Gasteiger partial charge on any atom is -0.394 e. The summed E-state index contributed by atoms with van der Waals surface area (Å²) in [5.41, 5.74) is 1.55. The summed E-state index contributed by atoms with van der Waals surface area (Å²) in [5.74, 6) is 0.118. The maximum atomic E-state index is 14.0. The number of rotatable bonds is 8. The van der Waals surface area contributed by atoms with E-state index >= 15 is 0 Å². The molecule has 1 amide bonds. The summed E-state index contributed by atoms with van der Waals surface area (Å²) in [6.07, 6.45) is 4.52. The molecule has 166 valence electrons. The zero-order valence-electron chi connectivity index (χ0n) is 18.2. The number of likely N-dealkylation sites (tertiary alicyclic amines) is 1. The van der Waals surface area contributed by atoms with E-state index in [1.165, 1.54) is 0 Å². The van der Waals surface area contributed by atoms with Crippen molar-refractivity contribution in [2.75, 3.05) is 6.61 Å². The first kappa shape index (κ1) is 23.8. The monoisotopic (exact) mass is 459 g/mol. The van der Waals surface area contributed by atoms with Gasteiger partial charge in [0, 0.05) is 16.0 Å². The van der Waals surface area contributed by atoms with Crippen molar-refractivity contribution in [2.45, 2.75) is 57.5 Å². The number of nitrogens with zero attached hydrogens (tertiary/aromatic N) is 1. The Bertz CT molecular complexity index is 910. The lowest BCUT2D eigenvalue weighted by molar-refractivity contribution is -0.157. The van der Waals surface area contributed by atoms with Crippen LogP contribution in [0.5, 0.6) is 0 Å². The predicted octanol–water partition coefficient (Wildman–Crippen LogP) is 6.79. The van der Waals surface area contributed by atoms with Crippen LogP contribution in [0, 0.1) is 5.41 Å². The molecule has 0 bridgehead atoms. The first-order valence-electron chi connectivity index (χ1n) is 11.0. The van der Waals surface area contributed by atoms with Gasteiger partial charge in [-0.3, -0.25) is 4.79 Å². The quantitative estimate of drug-likeness (QED) is 0.441. The standard InChI is InChI=1S/C26H31Cl2NO2/c1-4-14-26(6-3)16-23(19-8-7-9-21(28)15-19)24(18-10-12-20(27)13-11-18)29(25(26)31)22(5-2)17-30/h4,7-13,15,22-24,30H,1,5-6,14,16-17H2,2-3H3. The Morgan fingerprint density at radius 3 is 2.42 bits per heavy atom. The van der Waals surface area contributed by atoms with Gasteiger partial charge < -0.3 is 10.0 Å². The van der Waals surface area contributed by atoms with Crippen LogP contribution in [-0.4, -0.2) is 28.6 Å². The second kappa shape index (κ2) is 10.2. The van der Waals surface area contributed by atoms with Crippen LogP contribution in [-0.2, 0) is 4.79 Å². The summed E-state index contributed by atoms with van der Waals surface area (Å²) < 4.78 is 0. The Morgan fingerprint density at radius 1 is 1.16 bits per heavy atom. The third kappa shape index (κ3) is 4.69. The molecule has 0 saturated carbocycles. The van der Waals surface area contributed by atoms with Crippen LogP contribution < -0.4 is 0 Å². The molecule has 1 saturated heterocycles. The lowest BCUT2D eigenvalue weighted by Crippen LogP contribution is -2.57. The van der Waals surface area contributed by atoms with Gasteiger partial charge >= 0.3 is 0 Å². The van der Waals surface area contributed by atoms with Gasteiger partial charge in [-0.15, -0.1) is 6.58 Å². The molecule has 3 rings (SSSR count). The molecule has 3 nitrogen and oxygen atoms in total. The molecule has 2 aromatic rings. The maximum absolute atomic E-state index is 14.0. The van der Waals surface area contributed by atoms with Gasteiger partial charge in [0.2, 0.25) is 5.91 Å². The number of aliphatic hydroxyl groups is 1. The number of aliphatic hydroxyl groups excluding tert-OH is 1. The van der Waals surface area contributed by atoms with Crippen molar-refractivity contribution in [3.63, 3.8) is 0 Å². The van der Waals surface area contributed by atoms with Crippen LogP contribution in [0.25, 0.3) is 0 Å². The molecule has 1 aliphatic heterocycles. The van der Waals surface area contributed by atoms with Gasteiger partial charge in [-0.1, -0.05) is 67.4 Å². The van der Waals surface area contributed by atoms with Gasteiger partial charge in [0.25, 0.3) is 0 Å². The summed E-state index contributed by atoms with van der Waals surface area (Å²) >= 11 is 12.5. The van der Waals surface area contributed by atoms with Crippen LogP contribution in [0.3, 0.4) is 0 Å². The fourth-order valence-electron chi connectivity index (χ4n) is 5.00. The zero-order valence-corrected chi connectivity index (χ0v) is 19.7. The molecular formula is C26H31Cl2NO2. The molecule has 0 radical (unpaired) electrons. The van der Waals surface area contributed by atoms with E-state index in [1.807, 2.05) is 60.4 Å². The minimum absolute atomic E-state index is 0.0260. The average molecular weight is 460 g/mol. The molecule has 1 fully saturated rings. The molecule has 0 spiro atoms. The summed E-state index contributed by atoms with van der Waals surface area (Å²) in [6.45, 7) is 7.93. The smallest absolute Gasteiger partial charge is 0.229 e. The highest BCUT2D eigenvalue weighted by molar-refractivity contribution is 6.30. The molecule has 1 heterocycles. The van der Waals surface area contributed by atoms with E-state index in [-0.39, 0.29) is 30.5 Å². The Balaban J connectivity index is 2.24.